The van der Waals surface area contributed by atoms with Gasteiger partial charge < -0.3 is 20.5 Å². The van der Waals surface area contributed by atoms with Crippen LogP contribution in [0.2, 0.25) is 0 Å². The van der Waals surface area contributed by atoms with Crippen molar-refractivity contribution in [1.82, 2.24) is 10.3 Å². The number of rotatable bonds is 7. The van der Waals surface area contributed by atoms with Crippen LogP contribution in [0.3, 0.4) is 0 Å². The van der Waals surface area contributed by atoms with Gasteiger partial charge in [-0.25, -0.2) is 4.98 Å². The maximum Gasteiger partial charge on any atom is 0.119 e. The SMILES string of the molecule is COc1ccc2nc3ccccc3c(NCCNC[C@@H](C)O)c2c1. The first kappa shape index (κ1) is 16.5. The number of pyridine rings is 1. The first-order chi connectivity index (χ1) is 11.7. The summed E-state index contributed by atoms with van der Waals surface area (Å²) < 4.78 is 5.36. The minimum absolute atomic E-state index is 0.336. The van der Waals surface area contributed by atoms with Crippen LogP contribution in [-0.2, 0) is 0 Å². The van der Waals surface area contributed by atoms with Gasteiger partial charge in [-0.1, -0.05) is 18.2 Å². The molecule has 0 bridgehead atoms. The van der Waals surface area contributed by atoms with Crippen molar-refractivity contribution >= 4 is 27.5 Å². The van der Waals surface area contributed by atoms with Gasteiger partial charge in [-0.15, -0.1) is 0 Å². The monoisotopic (exact) mass is 325 g/mol. The van der Waals surface area contributed by atoms with Gasteiger partial charge in [0, 0.05) is 30.4 Å². The maximum absolute atomic E-state index is 9.30. The molecule has 0 spiro atoms. The molecular weight excluding hydrogens is 302 g/mol. The lowest BCUT2D eigenvalue weighted by molar-refractivity contribution is 0.192. The lowest BCUT2D eigenvalue weighted by Crippen LogP contribution is -2.29. The molecule has 5 heteroatoms. The Morgan fingerprint density at radius 1 is 1.08 bits per heavy atom. The minimum Gasteiger partial charge on any atom is -0.497 e. The molecule has 1 atom stereocenters. The summed E-state index contributed by atoms with van der Waals surface area (Å²) in [6.07, 6.45) is -0.336. The molecule has 0 saturated heterocycles. The molecule has 3 rings (SSSR count). The maximum atomic E-state index is 9.30. The van der Waals surface area contributed by atoms with Crippen molar-refractivity contribution in [3.63, 3.8) is 0 Å². The fraction of sp³-hybridized carbons (Fsp3) is 0.316. The zero-order valence-corrected chi connectivity index (χ0v) is 14.0. The van der Waals surface area contributed by atoms with Gasteiger partial charge in [-0.3, -0.25) is 0 Å². The molecule has 0 unspecified atom stereocenters. The molecule has 24 heavy (non-hydrogen) atoms. The number of fused-ring (bicyclic) bond motifs is 2. The molecule has 1 heterocycles. The third-order valence-electron chi connectivity index (χ3n) is 3.93. The fourth-order valence-corrected chi connectivity index (χ4v) is 2.77. The van der Waals surface area contributed by atoms with Crippen LogP contribution in [0.4, 0.5) is 5.69 Å². The van der Waals surface area contributed by atoms with E-state index in [1.165, 1.54) is 0 Å². The van der Waals surface area contributed by atoms with Crippen LogP contribution in [0.15, 0.2) is 42.5 Å². The summed E-state index contributed by atoms with van der Waals surface area (Å²) in [6, 6.07) is 14.0. The largest absolute Gasteiger partial charge is 0.497 e. The van der Waals surface area contributed by atoms with Crippen molar-refractivity contribution in [2.75, 3.05) is 32.1 Å². The average Bonchev–Trinajstić information content (AvgIpc) is 2.60. The highest BCUT2D eigenvalue weighted by Crippen LogP contribution is 2.32. The first-order valence-corrected chi connectivity index (χ1v) is 8.18. The summed E-state index contributed by atoms with van der Waals surface area (Å²) in [5.41, 5.74) is 2.97. The van der Waals surface area contributed by atoms with E-state index >= 15 is 0 Å². The van der Waals surface area contributed by atoms with Gasteiger partial charge in [-0.2, -0.15) is 0 Å². The van der Waals surface area contributed by atoms with Crippen molar-refractivity contribution in [3.8, 4) is 5.75 Å². The van der Waals surface area contributed by atoms with Gasteiger partial charge in [0.25, 0.3) is 0 Å². The van der Waals surface area contributed by atoms with E-state index in [2.05, 4.69) is 16.7 Å². The smallest absolute Gasteiger partial charge is 0.119 e. The predicted molar refractivity (Wildman–Crippen MR) is 98.8 cm³/mol. The second kappa shape index (κ2) is 7.47. The van der Waals surface area contributed by atoms with E-state index in [1.807, 2.05) is 36.4 Å². The number of para-hydroxylation sites is 1. The highest BCUT2D eigenvalue weighted by molar-refractivity contribution is 6.07. The van der Waals surface area contributed by atoms with Gasteiger partial charge in [0.05, 0.1) is 29.9 Å². The van der Waals surface area contributed by atoms with Crippen LogP contribution in [-0.4, -0.2) is 42.9 Å². The number of hydrogen-bond acceptors (Lipinski definition) is 5. The third-order valence-corrected chi connectivity index (χ3v) is 3.93. The Morgan fingerprint density at radius 2 is 1.88 bits per heavy atom. The molecule has 0 aliphatic heterocycles. The van der Waals surface area contributed by atoms with Gasteiger partial charge in [0.15, 0.2) is 0 Å². The molecule has 2 aromatic carbocycles. The number of nitrogens with zero attached hydrogens (tertiary/aromatic N) is 1. The number of benzene rings is 2. The quantitative estimate of drug-likeness (QED) is 0.460. The molecule has 0 aliphatic carbocycles. The van der Waals surface area contributed by atoms with E-state index in [0.717, 1.165) is 46.3 Å². The average molecular weight is 325 g/mol. The Labute approximate surface area is 141 Å². The van der Waals surface area contributed by atoms with E-state index in [1.54, 1.807) is 14.0 Å². The molecule has 3 N–H and O–H groups in total. The van der Waals surface area contributed by atoms with Crippen LogP contribution in [0.25, 0.3) is 21.8 Å². The Kier molecular flexibility index (Phi) is 5.13. The molecule has 5 nitrogen and oxygen atoms in total. The van der Waals surface area contributed by atoms with Gasteiger partial charge in [0.2, 0.25) is 0 Å². The molecular formula is C19H23N3O2. The Morgan fingerprint density at radius 3 is 2.67 bits per heavy atom. The van der Waals surface area contributed by atoms with Crippen molar-refractivity contribution in [2.45, 2.75) is 13.0 Å². The summed E-state index contributed by atoms with van der Waals surface area (Å²) in [6.45, 7) is 3.89. The van der Waals surface area contributed by atoms with Crippen molar-refractivity contribution < 1.29 is 9.84 Å². The normalized spacial score (nSPS) is 12.5. The zero-order valence-electron chi connectivity index (χ0n) is 14.0. The van der Waals surface area contributed by atoms with Gasteiger partial charge in [0.1, 0.15) is 5.75 Å². The summed E-state index contributed by atoms with van der Waals surface area (Å²) in [7, 11) is 1.67. The Hall–Kier alpha value is -2.37. The standard InChI is InChI=1S/C19H23N3O2/c1-13(23)12-20-9-10-21-19-15-5-3-4-6-17(15)22-18-8-7-14(24-2)11-16(18)19/h3-8,11,13,20,23H,9-10,12H2,1-2H3,(H,21,22)/t13-/m1/s1. The number of aromatic nitrogens is 1. The van der Waals surface area contributed by atoms with E-state index in [9.17, 15) is 5.11 Å². The molecule has 1 aromatic heterocycles. The van der Waals surface area contributed by atoms with Crippen molar-refractivity contribution in [2.24, 2.45) is 0 Å². The highest BCUT2D eigenvalue weighted by atomic mass is 16.5. The molecule has 0 aliphatic rings. The molecule has 0 amide bonds. The lowest BCUT2D eigenvalue weighted by atomic mass is 10.1. The number of ether oxygens (including phenoxy) is 1. The topological polar surface area (TPSA) is 66.4 Å². The number of anilines is 1. The molecule has 0 saturated carbocycles. The second-order valence-corrected chi connectivity index (χ2v) is 5.87. The number of hydrogen-bond donors (Lipinski definition) is 3. The van der Waals surface area contributed by atoms with Gasteiger partial charge >= 0.3 is 0 Å². The van der Waals surface area contributed by atoms with Crippen LogP contribution in [0.1, 0.15) is 6.92 Å². The van der Waals surface area contributed by atoms with E-state index in [4.69, 9.17) is 9.72 Å². The summed E-state index contributed by atoms with van der Waals surface area (Å²) in [4.78, 5) is 4.74. The van der Waals surface area contributed by atoms with Crippen LogP contribution in [0, 0.1) is 0 Å². The molecule has 3 aromatic rings. The molecule has 0 radical (unpaired) electrons. The van der Waals surface area contributed by atoms with E-state index in [0.29, 0.717) is 6.54 Å². The third kappa shape index (κ3) is 3.58. The van der Waals surface area contributed by atoms with Crippen LogP contribution >= 0.6 is 0 Å². The fourth-order valence-electron chi connectivity index (χ4n) is 2.77. The number of nitrogens with one attached hydrogen (secondary N) is 2. The number of methoxy groups -OCH3 is 1. The summed E-state index contributed by atoms with van der Waals surface area (Å²) in [5, 5.41) is 18.2. The second-order valence-electron chi connectivity index (χ2n) is 5.87. The predicted octanol–water partition coefficient (Wildman–Crippen LogP) is 2.78. The van der Waals surface area contributed by atoms with E-state index < -0.39 is 0 Å². The zero-order chi connectivity index (χ0) is 16.9. The first-order valence-electron chi connectivity index (χ1n) is 8.18. The van der Waals surface area contributed by atoms with Crippen molar-refractivity contribution in [3.05, 3.63) is 42.5 Å². The summed E-state index contributed by atoms with van der Waals surface area (Å²) in [5.74, 6) is 0.815. The molecule has 126 valence electrons. The highest BCUT2D eigenvalue weighted by Gasteiger charge is 2.09. The number of aliphatic hydroxyl groups is 1. The molecule has 0 fully saturated rings. The summed E-state index contributed by atoms with van der Waals surface area (Å²) >= 11 is 0. The van der Waals surface area contributed by atoms with Gasteiger partial charge in [-0.05, 0) is 31.2 Å². The van der Waals surface area contributed by atoms with E-state index in [-0.39, 0.29) is 6.10 Å². The Bertz CT molecular complexity index is 833. The van der Waals surface area contributed by atoms with Crippen molar-refractivity contribution in [1.29, 1.82) is 0 Å². The van der Waals surface area contributed by atoms with Crippen LogP contribution in [0.5, 0.6) is 5.75 Å². The number of aliphatic hydroxyl groups excluding tert-OH is 1. The lowest BCUT2D eigenvalue weighted by Gasteiger charge is -2.14. The Balaban J connectivity index is 1.94. The minimum atomic E-state index is -0.336. The van der Waals surface area contributed by atoms with Crippen LogP contribution < -0.4 is 15.4 Å².